The van der Waals surface area contributed by atoms with Gasteiger partial charge in [0, 0.05) is 6.42 Å². The average Bonchev–Trinajstić information content (AvgIpc) is 2.70. The summed E-state index contributed by atoms with van der Waals surface area (Å²) >= 11 is 0. The highest BCUT2D eigenvalue weighted by Gasteiger charge is 2.34. The number of aliphatic hydroxyl groups excluding tert-OH is 2. The van der Waals surface area contributed by atoms with Crippen molar-refractivity contribution in [3.05, 3.63) is 0 Å². The van der Waals surface area contributed by atoms with Crippen LogP contribution in [0.2, 0.25) is 0 Å². The molecule has 0 radical (unpaired) electrons. The molecule has 0 aromatic heterocycles. The van der Waals surface area contributed by atoms with Crippen LogP contribution in [0.15, 0.2) is 0 Å². The van der Waals surface area contributed by atoms with Gasteiger partial charge in [0.05, 0.1) is 12.2 Å². The van der Waals surface area contributed by atoms with Crippen LogP contribution in [-0.2, 0) is 24.0 Å². The summed E-state index contributed by atoms with van der Waals surface area (Å²) in [5.41, 5.74) is 5.52. The molecule has 32 heavy (non-hydrogen) atoms. The second kappa shape index (κ2) is 13.6. The second-order valence-electron chi connectivity index (χ2n) is 7.70. The van der Waals surface area contributed by atoms with Gasteiger partial charge < -0.3 is 42.1 Å². The van der Waals surface area contributed by atoms with E-state index in [0.29, 0.717) is 6.42 Å². The van der Waals surface area contributed by atoms with Gasteiger partial charge in [-0.3, -0.25) is 19.2 Å². The highest BCUT2D eigenvalue weighted by Crippen LogP contribution is 2.10. The van der Waals surface area contributed by atoms with Crippen molar-refractivity contribution in [1.29, 1.82) is 0 Å². The number of rotatable bonds is 14. The number of carbonyl (C=O) groups is 5. The Bertz CT molecular complexity index is 684. The fraction of sp³-hybridized carbons (Fsp3) is 0.737. The molecule has 13 nitrogen and oxygen atoms in total. The lowest BCUT2D eigenvalue weighted by atomic mass is 9.96. The number of carbonyl (C=O) groups excluding carboxylic acids is 3. The summed E-state index contributed by atoms with van der Waals surface area (Å²) in [7, 11) is 0. The van der Waals surface area contributed by atoms with Crippen molar-refractivity contribution in [3.63, 3.8) is 0 Å². The Hall–Kier alpha value is -2.77. The molecule has 0 aliphatic carbocycles. The molecule has 7 atom stereocenters. The van der Waals surface area contributed by atoms with Gasteiger partial charge in [-0.2, -0.15) is 0 Å². The maximum Gasteiger partial charge on any atom is 0.326 e. The monoisotopic (exact) mass is 462 g/mol. The van der Waals surface area contributed by atoms with E-state index < -0.39 is 78.4 Å². The lowest BCUT2D eigenvalue weighted by Gasteiger charge is -2.29. The van der Waals surface area contributed by atoms with Crippen LogP contribution in [-0.4, -0.2) is 86.5 Å². The van der Waals surface area contributed by atoms with Crippen LogP contribution in [0, 0.1) is 5.92 Å². The Labute approximate surface area is 185 Å². The summed E-state index contributed by atoms with van der Waals surface area (Å²) in [6, 6.07) is -5.58. The topological polar surface area (TPSA) is 228 Å². The van der Waals surface area contributed by atoms with E-state index in [4.69, 9.17) is 10.8 Å². The minimum atomic E-state index is -1.51. The van der Waals surface area contributed by atoms with Crippen molar-refractivity contribution in [2.45, 2.75) is 83.3 Å². The number of nitrogens with one attached hydrogen (secondary N) is 3. The fourth-order valence-electron chi connectivity index (χ4n) is 2.61. The third kappa shape index (κ3) is 9.58. The van der Waals surface area contributed by atoms with E-state index in [-0.39, 0.29) is 6.42 Å². The number of hydrogen-bond donors (Lipinski definition) is 8. The number of amides is 3. The van der Waals surface area contributed by atoms with Crippen molar-refractivity contribution in [3.8, 4) is 0 Å². The molecule has 0 saturated heterocycles. The standard InChI is InChI=1S/C19H34N4O9/c1-5-8(2)14(17(29)21-11(19(31)32)6-7-12(26)27)22-18(30)15(10(4)25)23-16(28)13(20)9(3)24/h8-11,13-15,24-25H,5-7,20H2,1-4H3,(H,21,29)(H,22,30)(H,23,28)(H,26,27)(H,31,32). The molecule has 0 fully saturated rings. The Balaban J connectivity index is 5.50. The van der Waals surface area contributed by atoms with E-state index in [1.54, 1.807) is 13.8 Å². The summed E-state index contributed by atoms with van der Waals surface area (Å²) < 4.78 is 0. The predicted octanol–water partition coefficient (Wildman–Crippen LogP) is -2.47. The van der Waals surface area contributed by atoms with E-state index in [2.05, 4.69) is 16.0 Å². The molecule has 184 valence electrons. The summed E-state index contributed by atoms with van der Waals surface area (Å²) in [6.07, 6.45) is -3.05. The van der Waals surface area contributed by atoms with Crippen molar-refractivity contribution >= 4 is 29.7 Å². The zero-order valence-corrected chi connectivity index (χ0v) is 18.6. The minimum absolute atomic E-state index is 0.360. The van der Waals surface area contributed by atoms with Crippen LogP contribution in [0.5, 0.6) is 0 Å². The molecular formula is C19H34N4O9. The largest absolute Gasteiger partial charge is 0.481 e. The summed E-state index contributed by atoms with van der Waals surface area (Å²) in [6.45, 7) is 5.85. The van der Waals surface area contributed by atoms with Gasteiger partial charge in [0.1, 0.15) is 24.2 Å². The van der Waals surface area contributed by atoms with Crippen LogP contribution in [0.25, 0.3) is 0 Å². The maximum atomic E-state index is 12.7. The first kappa shape index (κ1) is 29.2. The molecule has 0 aliphatic rings. The zero-order valence-electron chi connectivity index (χ0n) is 18.6. The summed E-state index contributed by atoms with van der Waals surface area (Å²) in [5, 5.41) is 44.2. The highest BCUT2D eigenvalue weighted by atomic mass is 16.4. The zero-order chi connectivity index (χ0) is 25.2. The van der Waals surface area contributed by atoms with Crippen molar-refractivity contribution in [2.24, 2.45) is 11.7 Å². The number of hydrogen-bond acceptors (Lipinski definition) is 8. The van der Waals surface area contributed by atoms with Crippen LogP contribution >= 0.6 is 0 Å². The molecule has 3 amide bonds. The Morgan fingerprint density at radius 1 is 0.812 bits per heavy atom. The molecule has 0 aromatic rings. The van der Waals surface area contributed by atoms with Gasteiger partial charge in [-0.1, -0.05) is 20.3 Å². The van der Waals surface area contributed by atoms with Crippen molar-refractivity contribution < 1.29 is 44.4 Å². The normalized spacial score (nSPS) is 17.6. The molecule has 0 heterocycles. The first-order chi connectivity index (χ1) is 14.7. The third-order valence-electron chi connectivity index (χ3n) is 4.94. The lowest BCUT2D eigenvalue weighted by Crippen LogP contribution is -2.61. The van der Waals surface area contributed by atoms with Gasteiger partial charge in [-0.25, -0.2) is 4.79 Å². The Morgan fingerprint density at radius 3 is 1.72 bits per heavy atom. The summed E-state index contributed by atoms with van der Waals surface area (Å²) in [4.78, 5) is 59.6. The van der Waals surface area contributed by atoms with Crippen LogP contribution in [0.1, 0.15) is 47.0 Å². The number of aliphatic carboxylic acids is 2. The van der Waals surface area contributed by atoms with E-state index in [0.717, 1.165) is 0 Å². The minimum Gasteiger partial charge on any atom is -0.481 e. The van der Waals surface area contributed by atoms with E-state index in [1.165, 1.54) is 13.8 Å². The van der Waals surface area contributed by atoms with Crippen LogP contribution < -0.4 is 21.7 Å². The number of carboxylic acid groups (broad SMARTS) is 2. The molecule has 7 unspecified atom stereocenters. The van der Waals surface area contributed by atoms with Crippen molar-refractivity contribution in [1.82, 2.24) is 16.0 Å². The molecule has 0 rings (SSSR count). The number of aliphatic hydroxyl groups is 2. The Kier molecular flexibility index (Phi) is 12.4. The first-order valence-electron chi connectivity index (χ1n) is 10.2. The highest BCUT2D eigenvalue weighted by molar-refractivity contribution is 5.94. The smallest absolute Gasteiger partial charge is 0.326 e. The van der Waals surface area contributed by atoms with E-state index >= 15 is 0 Å². The van der Waals surface area contributed by atoms with Gasteiger partial charge in [-0.15, -0.1) is 0 Å². The lowest BCUT2D eigenvalue weighted by molar-refractivity contribution is -0.144. The molecule has 0 aliphatic heterocycles. The van der Waals surface area contributed by atoms with E-state index in [9.17, 15) is 39.3 Å². The molecule has 9 N–H and O–H groups in total. The van der Waals surface area contributed by atoms with Gasteiger partial charge in [-0.05, 0) is 26.2 Å². The molecule has 0 saturated carbocycles. The molecule has 0 aromatic carbocycles. The SMILES string of the molecule is CCC(C)C(NC(=O)C(NC(=O)C(N)C(C)O)C(C)O)C(=O)NC(CCC(=O)O)C(=O)O. The van der Waals surface area contributed by atoms with Gasteiger partial charge in [0.15, 0.2) is 0 Å². The average molecular weight is 463 g/mol. The maximum absolute atomic E-state index is 12.7. The Morgan fingerprint density at radius 2 is 1.31 bits per heavy atom. The number of carboxylic acids is 2. The van der Waals surface area contributed by atoms with E-state index in [1.807, 2.05) is 0 Å². The summed E-state index contributed by atoms with van der Waals surface area (Å²) in [5.74, 6) is -5.83. The fourth-order valence-corrected chi connectivity index (χ4v) is 2.61. The van der Waals surface area contributed by atoms with Gasteiger partial charge in [0.2, 0.25) is 17.7 Å². The predicted molar refractivity (Wildman–Crippen MR) is 111 cm³/mol. The first-order valence-corrected chi connectivity index (χ1v) is 10.2. The second-order valence-corrected chi connectivity index (χ2v) is 7.70. The molecule has 0 spiro atoms. The number of nitrogens with two attached hydrogens (primary N) is 1. The quantitative estimate of drug-likeness (QED) is 0.135. The molecule has 0 bridgehead atoms. The third-order valence-corrected chi connectivity index (χ3v) is 4.94. The van der Waals surface area contributed by atoms with Gasteiger partial charge >= 0.3 is 11.9 Å². The van der Waals surface area contributed by atoms with Crippen molar-refractivity contribution in [2.75, 3.05) is 0 Å². The molecular weight excluding hydrogens is 428 g/mol. The van der Waals surface area contributed by atoms with Crippen LogP contribution in [0.4, 0.5) is 0 Å². The van der Waals surface area contributed by atoms with Gasteiger partial charge in [0.25, 0.3) is 0 Å². The molecule has 13 heteroatoms. The van der Waals surface area contributed by atoms with Crippen LogP contribution in [0.3, 0.4) is 0 Å².